The van der Waals surface area contributed by atoms with Gasteiger partial charge in [-0.1, -0.05) is 13.8 Å². The number of ether oxygens (including phenoxy) is 1. The van der Waals surface area contributed by atoms with Crippen LogP contribution >= 0.6 is 0 Å². The first-order chi connectivity index (χ1) is 11.9. The molecule has 7 atom stereocenters. The second kappa shape index (κ2) is 5.10. The molecule has 0 aromatic rings. The van der Waals surface area contributed by atoms with E-state index in [4.69, 9.17) is 4.74 Å². The fourth-order valence-electron chi connectivity index (χ4n) is 8.07. The monoisotopic (exact) mass is 344 g/mol. The van der Waals surface area contributed by atoms with Crippen LogP contribution in [0.25, 0.3) is 0 Å². The fourth-order valence-corrected chi connectivity index (χ4v) is 8.07. The first kappa shape index (κ1) is 16.3. The van der Waals surface area contributed by atoms with E-state index in [0.29, 0.717) is 29.5 Å². The summed E-state index contributed by atoms with van der Waals surface area (Å²) in [6, 6.07) is 0. The molecular weight excluding hydrogens is 312 g/mol. The summed E-state index contributed by atoms with van der Waals surface area (Å²) in [5.41, 5.74) is 0.262. The van der Waals surface area contributed by atoms with Crippen LogP contribution in [0.15, 0.2) is 0 Å². The van der Waals surface area contributed by atoms with Crippen LogP contribution < -0.4 is 0 Å². The molecule has 0 bridgehead atoms. The molecule has 5 fully saturated rings. The zero-order chi connectivity index (χ0) is 17.4. The van der Waals surface area contributed by atoms with Crippen molar-refractivity contribution in [2.45, 2.75) is 90.1 Å². The minimum atomic E-state index is -0.124. The quantitative estimate of drug-likeness (QED) is 0.600. The van der Waals surface area contributed by atoms with Gasteiger partial charge in [-0.3, -0.25) is 9.59 Å². The zero-order valence-electron chi connectivity index (χ0n) is 15.8. The second-order valence-electron chi connectivity index (χ2n) is 10.4. The maximum absolute atomic E-state index is 12.5. The number of rotatable bonds is 0. The van der Waals surface area contributed by atoms with Gasteiger partial charge in [0.25, 0.3) is 0 Å². The molecular formula is C22H32O3. The summed E-state index contributed by atoms with van der Waals surface area (Å²) in [5.74, 6) is 3.45. The van der Waals surface area contributed by atoms with Crippen molar-refractivity contribution >= 4 is 11.8 Å². The Kier molecular flexibility index (Phi) is 3.33. The van der Waals surface area contributed by atoms with Crippen molar-refractivity contribution < 1.29 is 14.3 Å². The van der Waals surface area contributed by atoms with E-state index in [1.807, 2.05) is 0 Å². The Morgan fingerprint density at radius 3 is 2.48 bits per heavy atom. The molecule has 25 heavy (non-hydrogen) atoms. The lowest BCUT2D eigenvalue weighted by molar-refractivity contribution is -0.170. The lowest BCUT2D eigenvalue weighted by atomic mass is 9.44. The molecule has 1 saturated heterocycles. The van der Waals surface area contributed by atoms with Crippen LogP contribution in [0.2, 0.25) is 0 Å². The molecule has 0 radical (unpaired) electrons. The molecule has 138 valence electrons. The highest BCUT2D eigenvalue weighted by molar-refractivity contribution is 5.87. The van der Waals surface area contributed by atoms with Gasteiger partial charge in [0.1, 0.15) is 11.4 Å². The average Bonchev–Trinajstić information content (AvgIpc) is 3.09. The zero-order valence-corrected chi connectivity index (χ0v) is 15.8. The number of fused-ring (bicyclic) bond motifs is 5. The third-order valence-corrected chi connectivity index (χ3v) is 9.63. The molecule has 1 aliphatic heterocycles. The van der Waals surface area contributed by atoms with Gasteiger partial charge in [-0.25, -0.2) is 0 Å². The molecule has 1 unspecified atom stereocenters. The summed E-state index contributed by atoms with van der Waals surface area (Å²) in [5, 5.41) is 0. The topological polar surface area (TPSA) is 43.4 Å². The van der Waals surface area contributed by atoms with Crippen molar-refractivity contribution in [1.29, 1.82) is 0 Å². The van der Waals surface area contributed by atoms with E-state index >= 15 is 0 Å². The van der Waals surface area contributed by atoms with Crippen molar-refractivity contribution in [3.63, 3.8) is 0 Å². The molecule has 4 saturated carbocycles. The van der Waals surface area contributed by atoms with Crippen LogP contribution in [0.3, 0.4) is 0 Å². The van der Waals surface area contributed by atoms with Crippen LogP contribution in [0, 0.1) is 34.5 Å². The van der Waals surface area contributed by atoms with E-state index < -0.39 is 0 Å². The normalized spacial score (nSPS) is 54.8. The molecule has 3 heteroatoms. The highest BCUT2D eigenvalue weighted by atomic mass is 16.6. The number of carbonyl (C=O) groups excluding carboxylic acids is 2. The van der Waals surface area contributed by atoms with Gasteiger partial charge in [-0.05, 0) is 86.9 Å². The van der Waals surface area contributed by atoms with E-state index in [1.54, 1.807) is 0 Å². The molecule has 1 heterocycles. The van der Waals surface area contributed by atoms with Gasteiger partial charge in [0.05, 0.1) is 0 Å². The molecule has 0 aromatic heterocycles. The van der Waals surface area contributed by atoms with Gasteiger partial charge < -0.3 is 4.74 Å². The van der Waals surface area contributed by atoms with Crippen molar-refractivity contribution in [3.05, 3.63) is 0 Å². The standard InChI is InChI=1S/C22H32O3/c1-20-11-12-22(10-8-19(24)25-22)13-14(20)3-4-15-16-5-6-18(23)21(16,2)9-7-17(15)20/h14-17H,3-13H2,1-2H3/t14?,15-,16-,17-,20-,21-,22+/m0/s1. The van der Waals surface area contributed by atoms with Crippen LogP contribution in [0.1, 0.15) is 84.5 Å². The lowest BCUT2D eigenvalue weighted by Gasteiger charge is -2.61. The Labute approximate surface area is 151 Å². The van der Waals surface area contributed by atoms with Crippen LogP contribution in [-0.2, 0) is 14.3 Å². The summed E-state index contributed by atoms with van der Waals surface area (Å²) in [7, 11) is 0. The number of esters is 1. The van der Waals surface area contributed by atoms with Crippen molar-refractivity contribution in [1.82, 2.24) is 0 Å². The van der Waals surface area contributed by atoms with Crippen molar-refractivity contribution in [2.75, 3.05) is 0 Å². The Morgan fingerprint density at radius 1 is 0.880 bits per heavy atom. The Bertz CT molecular complexity index is 627. The third kappa shape index (κ3) is 2.10. The van der Waals surface area contributed by atoms with Gasteiger partial charge in [0, 0.05) is 18.3 Å². The van der Waals surface area contributed by atoms with Gasteiger partial charge >= 0.3 is 5.97 Å². The highest BCUT2D eigenvalue weighted by Crippen LogP contribution is 2.67. The molecule has 1 spiro atoms. The molecule has 0 aromatic carbocycles. The molecule has 4 aliphatic carbocycles. The van der Waals surface area contributed by atoms with Gasteiger partial charge in [-0.2, -0.15) is 0 Å². The number of hydrogen-bond donors (Lipinski definition) is 0. The van der Waals surface area contributed by atoms with E-state index in [0.717, 1.165) is 50.4 Å². The van der Waals surface area contributed by atoms with E-state index in [-0.39, 0.29) is 17.0 Å². The number of hydrogen-bond acceptors (Lipinski definition) is 3. The third-order valence-electron chi connectivity index (χ3n) is 9.63. The van der Waals surface area contributed by atoms with E-state index in [9.17, 15) is 9.59 Å². The smallest absolute Gasteiger partial charge is 0.306 e. The Hall–Kier alpha value is -0.860. The highest BCUT2D eigenvalue weighted by Gasteiger charge is 2.62. The number of ketones is 1. The van der Waals surface area contributed by atoms with Gasteiger partial charge in [-0.15, -0.1) is 0 Å². The first-order valence-electron chi connectivity index (χ1n) is 10.6. The van der Waals surface area contributed by atoms with Crippen LogP contribution in [0.4, 0.5) is 0 Å². The minimum absolute atomic E-state index is 0.0127. The molecule has 5 aliphatic rings. The summed E-state index contributed by atoms with van der Waals surface area (Å²) in [6.07, 6.45) is 11.8. The maximum Gasteiger partial charge on any atom is 0.306 e. The summed E-state index contributed by atoms with van der Waals surface area (Å²) < 4.78 is 5.84. The van der Waals surface area contributed by atoms with Gasteiger partial charge in [0.15, 0.2) is 0 Å². The predicted octanol–water partition coefficient (Wildman–Crippen LogP) is 4.67. The van der Waals surface area contributed by atoms with Crippen LogP contribution in [0.5, 0.6) is 0 Å². The molecule has 0 N–H and O–H groups in total. The predicted molar refractivity (Wildman–Crippen MR) is 94.8 cm³/mol. The molecule has 3 nitrogen and oxygen atoms in total. The SMILES string of the molecule is C[C@]12CC[C@]3(CCC(=O)O3)CC1CC[C@@H]1[C@@H]2CC[C@]2(C)C(=O)CC[C@@H]12. The molecule has 0 amide bonds. The summed E-state index contributed by atoms with van der Waals surface area (Å²) in [6.45, 7) is 4.81. The van der Waals surface area contributed by atoms with E-state index in [1.165, 1.54) is 25.7 Å². The molecule has 5 rings (SSSR count). The Balaban J connectivity index is 1.41. The maximum atomic E-state index is 12.5. The average molecular weight is 344 g/mol. The number of Topliss-reactive ketones (excluding diaryl/α,β-unsaturated/α-hetero) is 1. The first-order valence-corrected chi connectivity index (χ1v) is 10.6. The summed E-state index contributed by atoms with van der Waals surface area (Å²) >= 11 is 0. The lowest BCUT2D eigenvalue weighted by Crippen LogP contribution is -2.55. The largest absolute Gasteiger partial charge is 0.459 e. The van der Waals surface area contributed by atoms with Crippen molar-refractivity contribution in [2.24, 2.45) is 34.5 Å². The minimum Gasteiger partial charge on any atom is -0.459 e. The summed E-state index contributed by atoms with van der Waals surface area (Å²) in [4.78, 5) is 24.2. The second-order valence-corrected chi connectivity index (χ2v) is 10.4. The van der Waals surface area contributed by atoms with Crippen molar-refractivity contribution in [3.8, 4) is 0 Å². The Morgan fingerprint density at radius 2 is 1.72 bits per heavy atom. The van der Waals surface area contributed by atoms with E-state index in [2.05, 4.69) is 13.8 Å². The number of carbonyl (C=O) groups is 2. The van der Waals surface area contributed by atoms with Gasteiger partial charge in [0.2, 0.25) is 0 Å². The fraction of sp³-hybridized carbons (Fsp3) is 0.909. The van der Waals surface area contributed by atoms with Crippen LogP contribution in [-0.4, -0.2) is 17.4 Å².